The summed E-state index contributed by atoms with van der Waals surface area (Å²) in [5.41, 5.74) is 6.50. The highest BCUT2D eigenvalue weighted by Crippen LogP contribution is 2.29. The summed E-state index contributed by atoms with van der Waals surface area (Å²) in [4.78, 5) is 19.5. The van der Waals surface area contributed by atoms with E-state index in [1.54, 1.807) is 11.8 Å². The highest BCUT2D eigenvalue weighted by Gasteiger charge is 2.16. The molecule has 206 valence electrons. The van der Waals surface area contributed by atoms with Crippen molar-refractivity contribution in [3.8, 4) is 0 Å². The van der Waals surface area contributed by atoms with E-state index in [0.717, 1.165) is 93.0 Å². The van der Waals surface area contributed by atoms with Gasteiger partial charge in [-0.25, -0.2) is 4.98 Å². The van der Waals surface area contributed by atoms with Crippen molar-refractivity contribution in [1.29, 1.82) is 0 Å². The van der Waals surface area contributed by atoms with Crippen LogP contribution in [0.5, 0.6) is 0 Å². The molecule has 39 heavy (non-hydrogen) atoms. The van der Waals surface area contributed by atoms with Gasteiger partial charge in [-0.05, 0) is 57.4 Å². The fourth-order valence-corrected chi connectivity index (χ4v) is 5.73. The number of aryl methyl sites for hydroxylation is 2. The summed E-state index contributed by atoms with van der Waals surface area (Å²) in [5.74, 6) is 0.992. The second-order valence-corrected chi connectivity index (χ2v) is 11.4. The quantitative estimate of drug-likeness (QED) is 0.203. The Labute approximate surface area is 234 Å². The van der Waals surface area contributed by atoms with Gasteiger partial charge in [0.2, 0.25) is 11.1 Å². The minimum atomic E-state index is 0.136. The first kappa shape index (κ1) is 27.6. The van der Waals surface area contributed by atoms with Crippen LogP contribution in [0.1, 0.15) is 42.4 Å². The molecule has 9 heteroatoms. The number of hydrogen-bond acceptors (Lipinski definition) is 7. The van der Waals surface area contributed by atoms with Crippen LogP contribution < -0.4 is 5.32 Å². The predicted octanol–water partition coefficient (Wildman–Crippen LogP) is 4.75. The molecule has 0 atom stereocenters. The number of carbonyl (C=O) groups excluding carboxylic acids is 1. The van der Waals surface area contributed by atoms with E-state index in [1.807, 2.05) is 0 Å². The van der Waals surface area contributed by atoms with Crippen LogP contribution >= 0.6 is 11.8 Å². The first-order chi connectivity index (χ1) is 19.1. The molecule has 0 aliphatic carbocycles. The fourth-order valence-electron chi connectivity index (χ4n) is 4.95. The maximum absolute atomic E-state index is 12.2. The maximum Gasteiger partial charge on any atom is 0.219 e. The summed E-state index contributed by atoms with van der Waals surface area (Å²) < 4.78 is 7.62. The molecule has 1 aliphatic rings. The summed E-state index contributed by atoms with van der Waals surface area (Å²) in [6.45, 7) is 10.3. The van der Waals surface area contributed by atoms with Crippen molar-refractivity contribution in [3.63, 3.8) is 0 Å². The lowest BCUT2D eigenvalue weighted by molar-refractivity contribution is -0.121. The minimum Gasteiger partial charge on any atom is -0.379 e. The van der Waals surface area contributed by atoms with E-state index < -0.39 is 0 Å². The lowest BCUT2D eigenvalue weighted by atomic mass is 10.1. The molecule has 8 nitrogen and oxygen atoms in total. The van der Waals surface area contributed by atoms with Crippen LogP contribution in [0, 0.1) is 13.8 Å². The van der Waals surface area contributed by atoms with Gasteiger partial charge in [-0.15, -0.1) is 10.2 Å². The Morgan fingerprint density at radius 2 is 1.79 bits per heavy atom. The number of ether oxygens (including phenoxy) is 1. The number of rotatable bonds is 12. The lowest BCUT2D eigenvalue weighted by Crippen LogP contribution is -2.38. The average Bonchev–Trinajstić information content (AvgIpc) is 3.24. The zero-order valence-electron chi connectivity index (χ0n) is 23.0. The molecule has 1 amide bonds. The molecular weight excluding hydrogens is 508 g/mol. The number of nitrogens with zero attached hydrogens (tertiary/aromatic N) is 5. The molecule has 1 fully saturated rings. The number of unbranched alkanes of at least 4 members (excludes halogenated alkanes) is 1. The Hall–Kier alpha value is -3.01. The topological polar surface area (TPSA) is 85.2 Å². The Morgan fingerprint density at radius 3 is 2.62 bits per heavy atom. The third-order valence-corrected chi connectivity index (χ3v) is 8.09. The number of benzene rings is 2. The Kier molecular flexibility index (Phi) is 9.44. The zero-order valence-corrected chi connectivity index (χ0v) is 23.8. The number of hydrogen-bond donors (Lipinski definition) is 1. The SMILES string of the molecule is Cc1ccc(Cn2c3ccc(C)cc3c3nnc(SCCCCC(=O)NCCCN4CCOCC4)nc32)cc1. The van der Waals surface area contributed by atoms with E-state index in [9.17, 15) is 4.79 Å². The summed E-state index contributed by atoms with van der Waals surface area (Å²) in [5, 5.41) is 13.9. The number of morpholine rings is 1. The standard InChI is InChI=1S/C30H38N6O2S/c1-22-7-10-24(11-8-22)21-36-26-12-9-23(2)20-25(26)28-29(36)32-30(34-33-28)39-19-4-3-6-27(37)31-13-5-14-35-15-17-38-18-16-35/h7-12,20H,3-6,13-19,21H2,1-2H3,(H,31,37). The van der Waals surface area contributed by atoms with Crippen molar-refractivity contribution >= 4 is 39.7 Å². The van der Waals surface area contributed by atoms with E-state index in [4.69, 9.17) is 9.72 Å². The van der Waals surface area contributed by atoms with Crippen molar-refractivity contribution in [2.75, 3.05) is 45.1 Å². The van der Waals surface area contributed by atoms with Gasteiger partial charge in [0.15, 0.2) is 5.65 Å². The number of fused-ring (bicyclic) bond motifs is 3. The van der Waals surface area contributed by atoms with Crippen LogP contribution in [0.25, 0.3) is 22.1 Å². The minimum absolute atomic E-state index is 0.136. The van der Waals surface area contributed by atoms with Crippen LogP contribution in [0.15, 0.2) is 47.6 Å². The first-order valence-corrected chi connectivity index (χ1v) is 14.9. The second kappa shape index (κ2) is 13.4. The monoisotopic (exact) mass is 546 g/mol. The zero-order chi connectivity index (χ0) is 27.0. The van der Waals surface area contributed by atoms with Gasteiger partial charge >= 0.3 is 0 Å². The molecule has 4 aromatic rings. The van der Waals surface area contributed by atoms with E-state index in [0.29, 0.717) is 11.6 Å². The molecule has 3 heterocycles. The van der Waals surface area contributed by atoms with Gasteiger partial charge in [0.05, 0.1) is 18.7 Å². The van der Waals surface area contributed by atoms with Crippen molar-refractivity contribution < 1.29 is 9.53 Å². The van der Waals surface area contributed by atoms with E-state index in [2.05, 4.69) is 81.3 Å². The van der Waals surface area contributed by atoms with E-state index in [1.165, 1.54) is 16.7 Å². The molecule has 2 aromatic carbocycles. The molecule has 0 radical (unpaired) electrons. The van der Waals surface area contributed by atoms with Crippen LogP contribution in [0.2, 0.25) is 0 Å². The number of nitrogens with one attached hydrogen (secondary N) is 1. The smallest absolute Gasteiger partial charge is 0.219 e. The van der Waals surface area contributed by atoms with E-state index >= 15 is 0 Å². The molecule has 5 rings (SSSR count). The molecule has 0 unspecified atom stereocenters. The number of carbonyl (C=O) groups is 1. The number of thioether (sulfide) groups is 1. The highest BCUT2D eigenvalue weighted by atomic mass is 32.2. The molecule has 0 spiro atoms. The maximum atomic E-state index is 12.2. The van der Waals surface area contributed by atoms with Gasteiger partial charge in [-0.1, -0.05) is 53.2 Å². The van der Waals surface area contributed by atoms with E-state index in [-0.39, 0.29) is 5.91 Å². The van der Waals surface area contributed by atoms with Crippen LogP contribution in [-0.2, 0) is 16.1 Å². The van der Waals surface area contributed by atoms with Gasteiger partial charge in [0, 0.05) is 43.7 Å². The third-order valence-electron chi connectivity index (χ3n) is 7.17. The highest BCUT2D eigenvalue weighted by molar-refractivity contribution is 7.99. The van der Waals surface area contributed by atoms with Crippen molar-refractivity contribution in [2.24, 2.45) is 0 Å². The van der Waals surface area contributed by atoms with Crippen molar-refractivity contribution in [1.82, 2.24) is 30.0 Å². The molecule has 0 bridgehead atoms. The van der Waals surface area contributed by atoms with Crippen LogP contribution in [-0.4, -0.2) is 75.7 Å². The Morgan fingerprint density at radius 1 is 1.00 bits per heavy atom. The second-order valence-electron chi connectivity index (χ2n) is 10.3. The molecule has 0 saturated carbocycles. The van der Waals surface area contributed by atoms with Crippen LogP contribution in [0.4, 0.5) is 0 Å². The summed E-state index contributed by atoms with van der Waals surface area (Å²) in [6, 6.07) is 15.1. The number of aromatic nitrogens is 4. The molecule has 1 N–H and O–H groups in total. The molecule has 1 saturated heterocycles. The molecule has 2 aromatic heterocycles. The predicted molar refractivity (Wildman–Crippen MR) is 157 cm³/mol. The van der Waals surface area contributed by atoms with Crippen molar-refractivity contribution in [3.05, 3.63) is 59.2 Å². The normalized spacial score (nSPS) is 14.3. The Bertz CT molecular complexity index is 1400. The van der Waals surface area contributed by atoms with Crippen molar-refractivity contribution in [2.45, 2.75) is 51.2 Å². The van der Waals surface area contributed by atoms with Gasteiger partial charge < -0.3 is 14.6 Å². The van der Waals surface area contributed by atoms with Crippen LogP contribution in [0.3, 0.4) is 0 Å². The average molecular weight is 547 g/mol. The summed E-state index contributed by atoms with van der Waals surface area (Å²) >= 11 is 1.61. The lowest BCUT2D eigenvalue weighted by Gasteiger charge is -2.26. The van der Waals surface area contributed by atoms with Gasteiger partial charge in [-0.2, -0.15) is 0 Å². The third kappa shape index (κ3) is 7.35. The Balaban J connectivity index is 1.14. The van der Waals surface area contributed by atoms with Gasteiger partial charge in [0.25, 0.3) is 0 Å². The first-order valence-electron chi connectivity index (χ1n) is 14.0. The van der Waals surface area contributed by atoms with Gasteiger partial charge in [0.1, 0.15) is 5.52 Å². The largest absolute Gasteiger partial charge is 0.379 e. The van der Waals surface area contributed by atoms with Gasteiger partial charge in [-0.3, -0.25) is 9.69 Å². The summed E-state index contributed by atoms with van der Waals surface area (Å²) in [6.07, 6.45) is 3.32. The molecule has 1 aliphatic heterocycles. The number of amides is 1. The fraction of sp³-hybridized carbons (Fsp3) is 0.467. The summed E-state index contributed by atoms with van der Waals surface area (Å²) in [7, 11) is 0. The molecular formula is C30H38N6O2S.